The lowest BCUT2D eigenvalue weighted by atomic mass is 9.88. The largest absolute Gasteiger partial charge is 0.496 e. The van der Waals surface area contributed by atoms with Gasteiger partial charge in [-0.2, -0.15) is 0 Å². The highest BCUT2D eigenvalue weighted by Crippen LogP contribution is 2.34. The van der Waals surface area contributed by atoms with E-state index >= 15 is 0 Å². The number of halogens is 1. The van der Waals surface area contributed by atoms with E-state index in [9.17, 15) is 4.39 Å². The van der Waals surface area contributed by atoms with Gasteiger partial charge >= 0.3 is 0 Å². The topological polar surface area (TPSA) is 9.23 Å². The maximum atomic E-state index is 13.5. The monoisotopic (exact) mass is 266 g/mol. The van der Waals surface area contributed by atoms with Crippen LogP contribution in [0.2, 0.25) is 0 Å². The zero-order valence-electron chi connectivity index (χ0n) is 12.5. The summed E-state index contributed by atoms with van der Waals surface area (Å²) >= 11 is 0. The molecule has 1 aromatic rings. The van der Waals surface area contributed by atoms with E-state index in [1.807, 2.05) is 0 Å². The van der Waals surface area contributed by atoms with Crippen molar-refractivity contribution in [1.29, 1.82) is 0 Å². The zero-order chi connectivity index (χ0) is 14.1. The minimum absolute atomic E-state index is 0.159. The van der Waals surface area contributed by atoms with Crippen molar-refractivity contribution in [3.05, 3.63) is 29.6 Å². The first-order valence-electron chi connectivity index (χ1n) is 7.56. The molecule has 0 aromatic heterocycles. The van der Waals surface area contributed by atoms with Crippen LogP contribution >= 0.6 is 0 Å². The Bertz CT molecular complexity index is 362. The molecule has 1 nitrogen and oxygen atoms in total. The number of benzene rings is 1. The van der Waals surface area contributed by atoms with Gasteiger partial charge in [0.2, 0.25) is 0 Å². The normalized spacial score (nSPS) is 12.4. The van der Waals surface area contributed by atoms with E-state index in [4.69, 9.17) is 4.74 Å². The number of ether oxygens (including phenoxy) is 1. The summed E-state index contributed by atoms with van der Waals surface area (Å²) in [6.07, 6.45) is 8.32. The highest BCUT2D eigenvalue weighted by Gasteiger charge is 2.16. The Morgan fingerprint density at radius 2 is 1.74 bits per heavy atom. The Kier molecular flexibility index (Phi) is 7.54. The molecule has 1 rings (SSSR count). The van der Waals surface area contributed by atoms with Gasteiger partial charge in [-0.25, -0.2) is 4.39 Å². The molecular weight excluding hydrogens is 239 g/mol. The molecule has 0 aliphatic heterocycles. The fraction of sp³-hybridized carbons (Fsp3) is 0.647. The number of methoxy groups -OCH3 is 1. The van der Waals surface area contributed by atoms with Crippen LogP contribution in [0.1, 0.15) is 70.3 Å². The van der Waals surface area contributed by atoms with E-state index in [0.717, 1.165) is 24.2 Å². The van der Waals surface area contributed by atoms with Crippen LogP contribution in [0.4, 0.5) is 4.39 Å². The van der Waals surface area contributed by atoms with Crippen molar-refractivity contribution in [1.82, 2.24) is 0 Å². The van der Waals surface area contributed by atoms with Crippen LogP contribution < -0.4 is 4.74 Å². The molecule has 0 amide bonds. The predicted molar refractivity (Wildman–Crippen MR) is 79.4 cm³/mol. The second-order valence-electron chi connectivity index (χ2n) is 5.22. The Morgan fingerprint density at radius 1 is 1.05 bits per heavy atom. The van der Waals surface area contributed by atoms with Crippen molar-refractivity contribution in [2.75, 3.05) is 7.11 Å². The highest BCUT2D eigenvalue weighted by atomic mass is 19.1. The SMILES string of the molecule is CCCCCC(CCCC)c1cc(F)ccc1OC. The second kappa shape index (κ2) is 8.95. The summed E-state index contributed by atoms with van der Waals surface area (Å²) < 4.78 is 18.9. The van der Waals surface area contributed by atoms with E-state index in [1.165, 1.54) is 38.2 Å². The zero-order valence-corrected chi connectivity index (χ0v) is 12.5. The molecule has 1 unspecified atom stereocenters. The van der Waals surface area contributed by atoms with Gasteiger partial charge < -0.3 is 4.74 Å². The lowest BCUT2D eigenvalue weighted by Crippen LogP contribution is -2.03. The van der Waals surface area contributed by atoms with Gasteiger partial charge in [-0.05, 0) is 37.0 Å². The molecule has 0 spiro atoms. The van der Waals surface area contributed by atoms with Crippen LogP contribution in [0.15, 0.2) is 18.2 Å². The number of rotatable bonds is 9. The molecule has 0 saturated heterocycles. The van der Waals surface area contributed by atoms with Gasteiger partial charge in [0.05, 0.1) is 7.11 Å². The van der Waals surface area contributed by atoms with Crippen LogP contribution in [-0.4, -0.2) is 7.11 Å². The molecule has 0 aliphatic rings. The Morgan fingerprint density at radius 3 is 2.37 bits per heavy atom. The maximum absolute atomic E-state index is 13.5. The maximum Gasteiger partial charge on any atom is 0.123 e. The van der Waals surface area contributed by atoms with Crippen molar-refractivity contribution < 1.29 is 9.13 Å². The van der Waals surface area contributed by atoms with Crippen LogP contribution in [-0.2, 0) is 0 Å². The molecule has 1 aromatic carbocycles. The minimum Gasteiger partial charge on any atom is -0.496 e. The summed E-state index contributed by atoms with van der Waals surface area (Å²) in [5, 5.41) is 0. The molecule has 0 heterocycles. The Hall–Kier alpha value is -1.05. The second-order valence-corrected chi connectivity index (χ2v) is 5.22. The van der Waals surface area contributed by atoms with Crippen molar-refractivity contribution in [2.24, 2.45) is 0 Å². The first kappa shape index (κ1) is 16.0. The standard InChI is InChI=1S/C17H27FO/c1-4-6-8-10-14(9-7-5-2)16-13-15(18)11-12-17(16)19-3/h11-14H,4-10H2,1-3H3. The molecular formula is C17H27FO. The predicted octanol–water partition coefficient (Wildman–Crippen LogP) is 5.69. The van der Waals surface area contributed by atoms with Crippen LogP contribution in [0.25, 0.3) is 0 Å². The van der Waals surface area contributed by atoms with E-state index in [2.05, 4.69) is 13.8 Å². The summed E-state index contributed by atoms with van der Waals surface area (Å²) in [5.41, 5.74) is 1.05. The van der Waals surface area contributed by atoms with Crippen molar-refractivity contribution in [2.45, 2.75) is 64.7 Å². The molecule has 2 heteroatoms. The van der Waals surface area contributed by atoms with Crippen LogP contribution in [0.3, 0.4) is 0 Å². The summed E-state index contributed by atoms with van der Waals surface area (Å²) in [6, 6.07) is 4.89. The Balaban J connectivity index is 2.84. The number of hydrogen-bond donors (Lipinski definition) is 0. The lowest BCUT2D eigenvalue weighted by Gasteiger charge is -2.20. The highest BCUT2D eigenvalue weighted by molar-refractivity contribution is 5.36. The molecule has 0 fully saturated rings. The minimum atomic E-state index is -0.159. The molecule has 1 atom stereocenters. The first-order valence-corrected chi connectivity index (χ1v) is 7.56. The summed E-state index contributed by atoms with van der Waals surface area (Å²) in [7, 11) is 1.67. The van der Waals surface area contributed by atoms with Gasteiger partial charge in [-0.3, -0.25) is 0 Å². The van der Waals surface area contributed by atoms with Crippen molar-refractivity contribution in [3.63, 3.8) is 0 Å². The van der Waals surface area contributed by atoms with E-state index in [1.54, 1.807) is 19.2 Å². The van der Waals surface area contributed by atoms with Gasteiger partial charge in [0.25, 0.3) is 0 Å². The average Bonchev–Trinajstić information content (AvgIpc) is 2.42. The molecule has 0 radical (unpaired) electrons. The fourth-order valence-corrected chi connectivity index (χ4v) is 2.57. The van der Waals surface area contributed by atoms with Gasteiger partial charge in [-0.1, -0.05) is 46.0 Å². The quantitative estimate of drug-likeness (QED) is 0.522. The molecule has 19 heavy (non-hydrogen) atoms. The molecule has 108 valence electrons. The summed E-state index contributed by atoms with van der Waals surface area (Å²) in [4.78, 5) is 0. The fourth-order valence-electron chi connectivity index (χ4n) is 2.57. The Labute approximate surface area is 117 Å². The molecule has 0 N–H and O–H groups in total. The number of hydrogen-bond acceptors (Lipinski definition) is 1. The van der Waals surface area contributed by atoms with E-state index < -0.39 is 0 Å². The average molecular weight is 266 g/mol. The van der Waals surface area contributed by atoms with Crippen LogP contribution in [0, 0.1) is 5.82 Å². The summed E-state index contributed by atoms with van der Waals surface area (Å²) in [6.45, 7) is 4.41. The van der Waals surface area contributed by atoms with Gasteiger partial charge in [-0.15, -0.1) is 0 Å². The summed E-state index contributed by atoms with van der Waals surface area (Å²) in [5.74, 6) is 1.10. The lowest BCUT2D eigenvalue weighted by molar-refractivity contribution is 0.396. The third-order valence-electron chi connectivity index (χ3n) is 3.69. The third-order valence-corrected chi connectivity index (χ3v) is 3.69. The third kappa shape index (κ3) is 5.22. The van der Waals surface area contributed by atoms with Gasteiger partial charge in [0.1, 0.15) is 11.6 Å². The van der Waals surface area contributed by atoms with E-state index in [-0.39, 0.29) is 5.82 Å². The van der Waals surface area contributed by atoms with Crippen molar-refractivity contribution >= 4 is 0 Å². The van der Waals surface area contributed by atoms with Crippen LogP contribution in [0.5, 0.6) is 5.75 Å². The van der Waals surface area contributed by atoms with Crippen molar-refractivity contribution in [3.8, 4) is 5.75 Å². The molecule has 0 bridgehead atoms. The molecule has 0 aliphatic carbocycles. The van der Waals surface area contributed by atoms with Gasteiger partial charge in [0, 0.05) is 5.56 Å². The van der Waals surface area contributed by atoms with Gasteiger partial charge in [0.15, 0.2) is 0 Å². The number of unbranched alkanes of at least 4 members (excludes halogenated alkanes) is 3. The first-order chi connectivity index (χ1) is 9.22. The smallest absolute Gasteiger partial charge is 0.123 e. The van der Waals surface area contributed by atoms with E-state index in [0.29, 0.717) is 5.92 Å². The molecule has 0 saturated carbocycles.